The summed E-state index contributed by atoms with van der Waals surface area (Å²) in [7, 11) is -1.20. The first-order chi connectivity index (χ1) is 17.1. The monoisotopic (exact) mass is 512 g/mol. The maximum absolute atomic E-state index is 14.6. The van der Waals surface area contributed by atoms with Crippen molar-refractivity contribution in [2.45, 2.75) is 31.8 Å². The molecule has 3 aromatic carbocycles. The maximum Gasteiger partial charge on any atom is 0.494 e. The Bertz CT molecular complexity index is 1180. The van der Waals surface area contributed by atoms with Crippen LogP contribution >= 0.6 is 0 Å². The molecule has 0 aliphatic carbocycles. The summed E-state index contributed by atoms with van der Waals surface area (Å²) in [6, 6.07) is 9.40. The molecular formula is C25H20BF7O3. The molecular weight excluding hydrogens is 492 g/mol. The van der Waals surface area contributed by atoms with E-state index >= 15 is 0 Å². The van der Waals surface area contributed by atoms with Crippen LogP contribution in [0.15, 0.2) is 48.5 Å². The van der Waals surface area contributed by atoms with Crippen LogP contribution in [0.1, 0.15) is 36.0 Å². The molecule has 1 aliphatic rings. The van der Waals surface area contributed by atoms with E-state index in [0.717, 1.165) is 18.4 Å². The van der Waals surface area contributed by atoms with Crippen LogP contribution in [-0.4, -0.2) is 20.3 Å². The van der Waals surface area contributed by atoms with Gasteiger partial charge in [0, 0.05) is 31.3 Å². The highest BCUT2D eigenvalue weighted by Gasteiger charge is 2.42. The lowest BCUT2D eigenvalue weighted by Crippen LogP contribution is -2.44. The van der Waals surface area contributed by atoms with Gasteiger partial charge in [-0.15, -0.1) is 0 Å². The smallest absolute Gasteiger partial charge is 0.429 e. The first-order valence-electron chi connectivity index (χ1n) is 11.1. The van der Waals surface area contributed by atoms with E-state index in [-0.39, 0.29) is 36.7 Å². The minimum absolute atomic E-state index is 0.125. The summed E-state index contributed by atoms with van der Waals surface area (Å²) in [4.78, 5) is 0. The summed E-state index contributed by atoms with van der Waals surface area (Å²) in [5.41, 5.74) is 0.183. The fourth-order valence-corrected chi connectivity index (χ4v) is 3.93. The van der Waals surface area contributed by atoms with Crippen molar-refractivity contribution in [1.29, 1.82) is 0 Å². The summed E-state index contributed by atoms with van der Waals surface area (Å²) in [6.07, 6.45) is -2.70. The second-order valence-corrected chi connectivity index (χ2v) is 8.37. The van der Waals surface area contributed by atoms with Crippen molar-refractivity contribution in [3.8, 4) is 5.75 Å². The topological polar surface area (TPSA) is 27.7 Å². The second kappa shape index (κ2) is 10.5. The van der Waals surface area contributed by atoms with Crippen LogP contribution in [0.2, 0.25) is 0 Å². The molecule has 0 atom stereocenters. The van der Waals surface area contributed by atoms with Crippen molar-refractivity contribution in [3.05, 3.63) is 94.3 Å². The lowest BCUT2D eigenvalue weighted by atomic mass is 9.76. The predicted molar refractivity (Wildman–Crippen MR) is 118 cm³/mol. The van der Waals surface area contributed by atoms with Crippen LogP contribution in [0.4, 0.5) is 30.7 Å². The summed E-state index contributed by atoms with van der Waals surface area (Å²) in [5.74, 6) is -10.2. The van der Waals surface area contributed by atoms with Gasteiger partial charge in [0.05, 0.1) is 0 Å². The number of hydrogen-bond acceptors (Lipinski definition) is 3. The number of rotatable bonds is 7. The van der Waals surface area contributed by atoms with Crippen LogP contribution in [0.25, 0.3) is 0 Å². The third kappa shape index (κ3) is 5.52. The third-order valence-corrected chi connectivity index (χ3v) is 5.72. The van der Waals surface area contributed by atoms with E-state index in [0.29, 0.717) is 12.1 Å². The Hall–Kier alpha value is -3.05. The third-order valence-electron chi connectivity index (χ3n) is 5.72. The predicted octanol–water partition coefficient (Wildman–Crippen LogP) is 5.99. The highest BCUT2D eigenvalue weighted by Crippen LogP contribution is 2.35. The summed E-state index contributed by atoms with van der Waals surface area (Å²) in [6.45, 7) is 2.42. The molecule has 3 nitrogen and oxygen atoms in total. The van der Waals surface area contributed by atoms with Gasteiger partial charge in [-0.2, -0.15) is 8.78 Å². The summed E-state index contributed by atoms with van der Waals surface area (Å²) >= 11 is 0. The number of hydrogen-bond donors (Lipinski definition) is 0. The van der Waals surface area contributed by atoms with E-state index in [1.807, 2.05) is 24.3 Å². The van der Waals surface area contributed by atoms with Gasteiger partial charge in [-0.1, -0.05) is 37.6 Å². The molecule has 3 aromatic rings. The fraction of sp³-hybridized carbons (Fsp3) is 0.280. The van der Waals surface area contributed by atoms with Gasteiger partial charge in [0.2, 0.25) is 0 Å². The average Bonchev–Trinajstić information content (AvgIpc) is 2.82. The first-order valence-corrected chi connectivity index (χ1v) is 11.1. The van der Waals surface area contributed by atoms with E-state index in [4.69, 9.17) is 9.31 Å². The van der Waals surface area contributed by atoms with E-state index in [1.54, 1.807) is 0 Å². The van der Waals surface area contributed by atoms with Gasteiger partial charge in [0.15, 0.2) is 17.5 Å². The lowest BCUT2D eigenvalue weighted by Gasteiger charge is -2.28. The minimum atomic E-state index is -4.67. The van der Waals surface area contributed by atoms with E-state index < -0.39 is 53.6 Å². The molecule has 0 aromatic heterocycles. The van der Waals surface area contributed by atoms with Crippen molar-refractivity contribution < 1.29 is 44.8 Å². The standard InChI is InChI=1S/C25H20BF7O3/c1-2-3-14-4-6-15(7-5-14)16-12-34-26(35-13-16)17-8-19(27)23(20(28)9-17)25(32,33)36-18-10-21(29)24(31)22(30)11-18/h4-11,16H,2-3,12-13H2,1H3. The van der Waals surface area contributed by atoms with Crippen molar-refractivity contribution in [3.63, 3.8) is 0 Å². The van der Waals surface area contributed by atoms with E-state index in [2.05, 4.69) is 11.7 Å². The van der Waals surface area contributed by atoms with Gasteiger partial charge >= 0.3 is 13.2 Å². The molecule has 36 heavy (non-hydrogen) atoms. The molecule has 0 N–H and O–H groups in total. The molecule has 1 aliphatic heterocycles. The summed E-state index contributed by atoms with van der Waals surface area (Å²) < 4.78 is 113. The molecule has 1 fully saturated rings. The molecule has 0 radical (unpaired) electrons. The van der Waals surface area contributed by atoms with Gasteiger partial charge in [0.25, 0.3) is 0 Å². The molecule has 0 spiro atoms. The Morgan fingerprint density at radius 3 is 1.94 bits per heavy atom. The van der Waals surface area contributed by atoms with E-state index in [1.165, 1.54) is 5.56 Å². The molecule has 1 heterocycles. The molecule has 4 rings (SSSR count). The first kappa shape index (κ1) is 26.0. The number of aryl methyl sites for hydroxylation is 1. The van der Waals surface area contributed by atoms with Crippen molar-refractivity contribution in [1.82, 2.24) is 0 Å². The fourth-order valence-electron chi connectivity index (χ4n) is 3.93. The second-order valence-electron chi connectivity index (χ2n) is 8.37. The Morgan fingerprint density at radius 1 is 0.861 bits per heavy atom. The largest absolute Gasteiger partial charge is 0.494 e. The Balaban J connectivity index is 1.47. The zero-order valence-electron chi connectivity index (χ0n) is 19.0. The highest BCUT2D eigenvalue weighted by molar-refractivity contribution is 6.61. The number of ether oxygens (including phenoxy) is 1. The number of benzene rings is 3. The average molecular weight is 512 g/mol. The van der Waals surface area contributed by atoms with Crippen molar-refractivity contribution >= 4 is 12.6 Å². The minimum Gasteiger partial charge on any atom is -0.429 e. The number of halogens is 7. The molecule has 190 valence electrons. The Kier molecular flexibility index (Phi) is 7.61. The van der Waals surface area contributed by atoms with Gasteiger partial charge < -0.3 is 14.0 Å². The molecule has 0 amide bonds. The number of alkyl halides is 2. The molecule has 0 saturated carbocycles. The Morgan fingerprint density at radius 2 is 1.42 bits per heavy atom. The summed E-state index contributed by atoms with van der Waals surface area (Å²) in [5, 5.41) is 0. The van der Waals surface area contributed by atoms with Gasteiger partial charge in [-0.05, 0) is 35.1 Å². The van der Waals surface area contributed by atoms with Crippen LogP contribution < -0.4 is 10.2 Å². The van der Waals surface area contributed by atoms with E-state index in [9.17, 15) is 30.7 Å². The van der Waals surface area contributed by atoms with Gasteiger partial charge in [0.1, 0.15) is 22.9 Å². The Labute approximate surface area is 202 Å². The van der Waals surface area contributed by atoms with Crippen LogP contribution in [-0.2, 0) is 21.8 Å². The molecule has 1 saturated heterocycles. The zero-order chi connectivity index (χ0) is 26.0. The highest BCUT2D eigenvalue weighted by atomic mass is 19.3. The van der Waals surface area contributed by atoms with Crippen LogP contribution in [0.3, 0.4) is 0 Å². The van der Waals surface area contributed by atoms with Crippen LogP contribution in [0, 0.1) is 29.1 Å². The maximum atomic E-state index is 14.6. The molecule has 0 bridgehead atoms. The lowest BCUT2D eigenvalue weighted by molar-refractivity contribution is -0.189. The molecule has 0 unspecified atom stereocenters. The zero-order valence-corrected chi connectivity index (χ0v) is 19.0. The quantitative estimate of drug-likeness (QED) is 0.221. The van der Waals surface area contributed by atoms with Crippen LogP contribution in [0.5, 0.6) is 5.75 Å². The SMILES string of the molecule is CCCc1ccc(C2COB(c3cc(F)c(C(F)(F)Oc4cc(F)c(F)c(F)c4)c(F)c3)OC2)cc1. The molecule has 11 heteroatoms. The van der Waals surface area contributed by atoms with Crippen molar-refractivity contribution in [2.24, 2.45) is 0 Å². The van der Waals surface area contributed by atoms with Crippen molar-refractivity contribution in [2.75, 3.05) is 13.2 Å². The van der Waals surface area contributed by atoms with Gasteiger partial charge in [-0.25, -0.2) is 22.0 Å². The van der Waals surface area contributed by atoms with Gasteiger partial charge in [-0.3, -0.25) is 0 Å². The normalized spacial score (nSPS) is 14.8.